The quantitative estimate of drug-likeness (QED) is 0.700. The maximum absolute atomic E-state index is 5.95. The molecule has 0 heterocycles. The predicted molar refractivity (Wildman–Crippen MR) is 110 cm³/mol. The summed E-state index contributed by atoms with van der Waals surface area (Å²) in [6.07, 6.45) is 0.895. The van der Waals surface area contributed by atoms with Crippen molar-refractivity contribution >= 4 is 28.9 Å². The molecule has 2 N–H and O–H groups in total. The number of rotatable bonds is 7. The van der Waals surface area contributed by atoms with Gasteiger partial charge in [0, 0.05) is 11.6 Å². The van der Waals surface area contributed by atoms with E-state index < -0.39 is 0 Å². The van der Waals surface area contributed by atoms with E-state index in [4.69, 9.17) is 28.6 Å². The molecule has 0 bridgehead atoms. The Balaban J connectivity index is 1.70. The molecule has 0 aromatic heterocycles. The standard InChI is InChI=1S/C20H25ClN2OS/c1-14-5-4-6-15(2)19(14)24-13-16(3)23-20(25)22-12-11-17-7-9-18(21)10-8-17/h4-10,16H,11-13H2,1-3H3,(H2,22,23,25). The summed E-state index contributed by atoms with van der Waals surface area (Å²) in [7, 11) is 0. The van der Waals surface area contributed by atoms with Crippen LogP contribution in [0.1, 0.15) is 23.6 Å². The summed E-state index contributed by atoms with van der Waals surface area (Å²) in [5.74, 6) is 0.956. The molecule has 2 rings (SSSR count). The van der Waals surface area contributed by atoms with Crippen LogP contribution in [-0.2, 0) is 6.42 Å². The second-order valence-electron chi connectivity index (χ2n) is 6.21. The lowest BCUT2D eigenvalue weighted by molar-refractivity contribution is 0.283. The van der Waals surface area contributed by atoms with Crippen LogP contribution < -0.4 is 15.4 Å². The van der Waals surface area contributed by atoms with Gasteiger partial charge in [-0.05, 0) is 68.2 Å². The summed E-state index contributed by atoms with van der Waals surface area (Å²) in [6, 6.07) is 14.1. The van der Waals surface area contributed by atoms with E-state index in [0.29, 0.717) is 11.7 Å². The lowest BCUT2D eigenvalue weighted by Gasteiger charge is -2.19. The van der Waals surface area contributed by atoms with Crippen LogP contribution in [0.2, 0.25) is 5.02 Å². The van der Waals surface area contributed by atoms with Crippen LogP contribution in [0.5, 0.6) is 5.75 Å². The number of hydrogen-bond acceptors (Lipinski definition) is 2. The van der Waals surface area contributed by atoms with Crippen molar-refractivity contribution in [2.75, 3.05) is 13.2 Å². The van der Waals surface area contributed by atoms with E-state index >= 15 is 0 Å². The van der Waals surface area contributed by atoms with E-state index in [1.54, 1.807) is 0 Å². The SMILES string of the molecule is Cc1cccc(C)c1OCC(C)NC(=S)NCCc1ccc(Cl)cc1. The normalized spacial score (nSPS) is 11.7. The molecule has 25 heavy (non-hydrogen) atoms. The van der Waals surface area contributed by atoms with Gasteiger partial charge in [0.25, 0.3) is 0 Å². The van der Waals surface area contributed by atoms with Gasteiger partial charge < -0.3 is 15.4 Å². The maximum Gasteiger partial charge on any atom is 0.166 e. The van der Waals surface area contributed by atoms with Gasteiger partial charge in [-0.1, -0.05) is 41.9 Å². The Morgan fingerprint density at radius 2 is 1.76 bits per heavy atom. The number of aryl methyl sites for hydroxylation is 2. The maximum atomic E-state index is 5.95. The molecular formula is C20H25ClN2OS. The average Bonchev–Trinajstić information content (AvgIpc) is 2.56. The molecule has 0 aliphatic rings. The summed E-state index contributed by atoms with van der Waals surface area (Å²) in [5, 5.41) is 7.89. The van der Waals surface area contributed by atoms with Crippen molar-refractivity contribution in [3.8, 4) is 5.75 Å². The third-order valence-corrected chi connectivity index (χ3v) is 4.39. The molecule has 0 saturated carbocycles. The average molecular weight is 377 g/mol. The third kappa shape index (κ3) is 6.56. The van der Waals surface area contributed by atoms with Crippen LogP contribution in [0.3, 0.4) is 0 Å². The van der Waals surface area contributed by atoms with Crippen LogP contribution in [0.15, 0.2) is 42.5 Å². The van der Waals surface area contributed by atoms with Crippen LogP contribution >= 0.6 is 23.8 Å². The van der Waals surface area contributed by atoms with Crippen LogP contribution in [0.25, 0.3) is 0 Å². The summed E-state index contributed by atoms with van der Waals surface area (Å²) >= 11 is 11.2. The van der Waals surface area contributed by atoms with Crippen molar-refractivity contribution in [2.24, 2.45) is 0 Å². The molecule has 0 saturated heterocycles. The first kappa shape index (κ1) is 19.5. The Kier molecular flexibility index (Phi) is 7.53. The monoisotopic (exact) mass is 376 g/mol. The smallest absolute Gasteiger partial charge is 0.166 e. The van der Waals surface area contributed by atoms with Gasteiger partial charge in [-0.3, -0.25) is 0 Å². The van der Waals surface area contributed by atoms with Crippen molar-refractivity contribution < 1.29 is 4.74 Å². The topological polar surface area (TPSA) is 33.3 Å². The minimum atomic E-state index is 0.120. The fourth-order valence-corrected chi connectivity index (χ4v) is 2.95. The number of nitrogens with one attached hydrogen (secondary N) is 2. The number of ether oxygens (including phenoxy) is 1. The molecule has 3 nitrogen and oxygen atoms in total. The summed E-state index contributed by atoms with van der Waals surface area (Å²) in [6.45, 7) is 7.51. The first-order valence-electron chi connectivity index (χ1n) is 8.43. The molecule has 1 atom stereocenters. The van der Waals surface area contributed by atoms with E-state index in [1.165, 1.54) is 5.56 Å². The highest BCUT2D eigenvalue weighted by atomic mass is 35.5. The lowest BCUT2D eigenvalue weighted by atomic mass is 10.1. The molecule has 0 radical (unpaired) electrons. The van der Waals surface area contributed by atoms with Crippen LogP contribution in [-0.4, -0.2) is 24.3 Å². The largest absolute Gasteiger partial charge is 0.491 e. The van der Waals surface area contributed by atoms with Gasteiger partial charge in [-0.15, -0.1) is 0 Å². The Bertz CT molecular complexity index is 683. The third-order valence-electron chi connectivity index (χ3n) is 3.88. The van der Waals surface area contributed by atoms with Gasteiger partial charge in [0.05, 0.1) is 6.04 Å². The Labute approximate surface area is 160 Å². The summed E-state index contributed by atoms with van der Waals surface area (Å²) < 4.78 is 5.95. The molecule has 0 aliphatic carbocycles. The second kappa shape index (κ2) is 9.64. The number of halogens is 1. The van der Waals surface area contributed by atoms with Crippen LogP contribution in [0, 0.1) is 13.8 Å². The summed E-state index contributed by atoms with van der Waals surface area (Å²) in [5.41, 5.74) is 3.53. The molecule has 0 aliphatic heterocycles. The fraction of sp³-hybridized carbons (Fsp3) is 0.350. The number of hydrogen-bond donors (Lipinski definition) is 2. The first-order chi connectivity index (χ1) is 12.0. The van der Waals surface area contributed by atoms with Crippen molar-refractivity contribution in [1.82, 2.24) is 10.6 Å². The van der Waals surface area contributed by atoms with Crippen molar-refractivity contribution in [2.45, 2.75) is 33.2 Å². The Hall–Kier alpha value is -1.78. The zero-order valence-corrected chi connectivity index (χ0v) is 16.5. The van der Waals surface area contributed by atoms with E-state index in [1.807, 2.05) is 30.3 Å². The predicted octanol–water partition coefficient (Wildman–Crippen LogP) is 4.43. The van der Waals surface area contributed by atoms with E-state index in [2.05, 4.69) is 43.5 Å². The first-order valence-corrected chi connectivity index (χ1v) is 9.22. The number of para-hydroxylation sites is 1. The minimum absolute atomic E-state index is 0.120. The molecular weight excluding hydrogens is 352 g/mol. The summed E-state index contributed by atoms with van der Waals surface area (Å²) in [4.78, 5) is 0. The molecule has 134 valence electrons. The highest BCUT2D eigenvalue weighted by Gasteiger charge is 2.08. The molecule has 2 aromatic carbocycles. The van der Waals surface area contributed by atoms with E-state index in [0.717, 1.165) is 34.9 Å². The van der Waals surface area contributed by atoms with Gasteiger partial charge in [-0.2, -0.15) is 0 Å². The lowest BCUT2D eigenvalue weighted by Crippen LogP contribution is -2.43. The zero-order valence-electron chi connectivity index (χ0n) is 14.9. The van der Waals surface area contributed by atoms with Crippen molar-refractivity contribution in [3.05, 3.63) is 64.2 Å². The van der Waals surface area contributed by atoms with Crippen molar-refractivity contribution in [3.63, 3.8) is 0 Å². The van der Waals surface area contributed by atoms with Gasteiger partial charge in [0.1, 0.15) is 12.4 Å². The van der Waals surface area contributed by atoms with Crippen LogP contribution in [0.4, 0.5) is 0 Å². The molecule has 5 heteroatoms. The van der Waals surface area contributed by atoms with Gasteiger partial charge in [0.15, 0.2) is 5.11 Å². The van der Waals surface area contributed by atoms with Gasteiger partial charge >= 0.3 is 0 Å². The van der Waals surface area contributed by atoms with Gasteiger partial charge in [0.2, 0.25) is 0 Å². The molecule has 0 fully saturated rings. The molecule has 0 amide bonds. The fourth-order valence-electron chi connectivity index (χ4n) is 2.52. The second-order valence-corrected chi connectivity index (χ2v) is 7.05. The highest BCUT2D eigenvalue weighted by molar-refractivity contribution is 7.80. The Morgan fingerprint density at radius 3 is 2.40 bits per heavy atom. The molecule has 0 spiro atoms. The van der Waals surface area contributed by atoms with E-state index in [-0.39, 0.29) is 6.04 Å². The van der Waals surface area contributed by atoms with E-state index in [9.17, 15) is 0 Å². The number of benzene rings is 2. The zero-order chi connectivity index (χ0) is 18.2. The van der Waals surface area contributed by atoms with Gasteiger partial charge in [-0.25, -0.2) is 0 Å². The molecule has 1 unspecified atom stereocenters. The Morgan fingerprint density at radius 1 is 1.12 bits per heavy atom. The number of thiocarbonyl (C=S) groups is 1. The highest BCUT2D eigenvalue weighted by Crippen LogP contribution is 2.22. The van der Waals surface area contributed by atoms with Crippen molar-refractivity contribution in [1.29, 1.82) is 0 Å². The minimum Gasteiger partial charge on any atom is -0.491 e. The molecule has 2 aromatic rings.